The Kier molecular flexibility index (Phi) is 4.83. The zero-order valence-corrected chi connectivity index (χ0v) is 13.9. The molecule has 1 heterocycles. The van der Waals surface area contributed by atoms with Gasteiger partial charge >= 0.3 is 6.03 Å². The summed E-state index contributed by atoms with van der Waals surface area (Å²) in [6.45, 7) is 0. The number of amides is 2. The molecule has 2 N–H and O–H groups in total. The van der Waals surface area contributed by atoms with E-state index in [4.69, 9.17) is 16.9 Å². The topological polar surface area (TPSA) is 77.8 Å². The molecule has 0 aliphatic heterocycles. The molecule has 1 aliphatic carbocycles. The predicted octanol–water partition coefficient (Wildman–Crippen LogP) is 4.00. The maximum Gasteiger partial charge on any atom is 0.321 e. The predicted molar refractivity (Wildman–Crippen MR) is 88.1 cm³/mol. The number of rotatable bonds is 2. The monoisotopic (exact) mass is 370 g/mol. The van der Waals surface area contributed by atoms with E-state index in [1.807, 2.05) is 0 Å². The highest BCUT2D eigenvalue weighted by Gasteiger charge is 2.30. The van der Waals surface area contributed by atoms with Crippen molar-refractivity contribution in [2.75, 3.05) is 5.32 Å². The molecule has 0 radical (unpaired) electrons. The number of aromatic nitrogens is 1. The van der Waals surface area contributed by atoms with Crippen LogP contribution in [0.15, 0.2) is 12.1 Å². The van der Waals surface area contributed by atoms with Crippen molar-refractivity contribution in [3.63, 3.8) is 0 Å². The van der Waals surface area contributed by atoms with Crippen LogP contribution in [0.25, 0.3) is 10.2 Å². The third-order valence-corrected chi connectivity index (χ3v) is 5.34. The molecular formula is C15H13ClF2N4OS. The maximum atomic E-state index is 13.6. The van der Waals surface area contributed by atoms with Crippen molar-refractivity contribution in [3.05, 3.63) is 23.8 Å². The zero-order valence-electron chi connectivity index (χ0n) is 12.4. The molecule has 9 heteroatoms. The Morgan fingerprint density at radius 3 is 2.96 bits per heavy atom. The number of carbonyl (C=O) groups excluding carboxylic acids is 1. The lowest BCUT2D eigenvalue weighted by Gasteiger charge is -2.29. The van der Waals surface area contributed by atoms with Crippen LogP contribution in [-0.2, 0) is 0 Å². The van der Waals surface area contributed by atoms with Gasteiger partial charge in [-0.25, -0.2) is 18.6 Å². The second kappa shape index (κ2) is 6.87. The molecule has 1 aromatic carbocycles. The van der Waals surface area contributed by atoms with Crippen LogP contribution in [0.4, 0.5) is 18.7 Å². The first-order valence-electron chi connectivity index (χ1n) is 7.33. The largest absolute Gasteiger partial charge is 0.335 e. The van der Waals surface area contributed by atoms with Crippen LogP contribution in [0.2, 0.25) is 0 Å². The fraction of sp³-hybridized carbons (Fsp3) is 0.400. The summed E-state index contributed by atoms with van der Waals surface area (Å²) in [5.74, 6) is -1.77. The zero-order chi connectivity index (χ0) is 17.3. The van der Waals surface area contributed by atoms with Gasteiger partial charge < -0.3 is 5.32 Å². The van der Waals surface area contributed by atoms with E-state index in [1.165, 1.54) is 6.07 Å². The summed E-state index contributed by atoms with van der Waals surface area (Å²) < 4.78 is 27.1. The van der Waals surface area contributed by atoms with Gasteiger partial charge in [0.2, 0.25) is 0 Å². The van der Waals surface area contributed by atoms with E-state index in [2.05, 4.69) is 21.7 Å². The molecule has 2 amide bonds. The van der Waals surface area contributed by atoms with Crippen molar-refractivity contribution < 1.29 is 13.6 Å². The van der Waals surface area contributed by atoms with Crippen molar-refractivity contribution in [1.29, 1.82) is 5.26 Å². The number of thiazole rings is 1. The summed E-state index contributed by atoms with van der Waals surface area (Å²) in [7, 11) is 0. The average Bonchev–Trinajstić information content (AvgIpc) is 2.91. The number of hydrogen-bond donors (Lipinski definition) is 2. The summed E-state index contributed by atoms with van der Waals surface area (Å²) in [6.07, 6.45) is 1.81. The van der Waals surface area contributed by atoms with Crippen molar-refractivity contribution >= 4 is 44.3 Å². The lowest BCUT2D eigenvalue weighted by molar-refractivity contribution is 0.241. The number of alkyl halides is 1. The van der Waals surface area contributed by atoms with E-state index >= 15 is 0 Å². The van der Waals surface area contributed by atoms with E-state index in [-0.39, 0.29) is 28.0 Å². The van der Waals surface area contributed by atoms with Gasteiger partial charge in [-0.05, 0) is 25.3 Å². The first-order valence-corrected chi connectivity index (χ1v) is 8.58. The van der Waals surface area contributed by atoms with Gasteiger partial charge in [0, 0.05) is 17.5 Å². The second-order valence-corrected chi connectivity index (χ2v) is 7.20. The van der Waals surface area contributed by atoms with Crippen LogP contribution in [0.5, 0.6) is 0 Å². The number of nitrogens with one attached hydrogen (secondary N) is 2. The lowest BCUT2D eigenvalue weighted by Crippen LogP contribution is -2.42. The Labute approximate surface area is 145 Å². The van der Waals surface area contributed by atoms with Gasteiger partial charge in [-0.15, -0.1) is 11.6 Å². The summed E-state index contributed by atoms with van der Waals surface area (Å²) in [5.41, 5.74) is 0.0175. The SMILES string of the molecule is N#CC1CC(NC(=O)Nc2nc3c(F)cc(F)cc3s2)CCC1Cl. The molecule has 3 unspecified atom stereocenters. The van der Waals surface area contributed by atoms with Crippen LogP contribution in [-0.4, -0.2) is 22.4 Å². The van der Waals surface area contributed by atoms with E-state index in [0.717, 1.165) is 17.4 Å². The highest BCUT2D eigenvalue weighted by Crippen LogP contribution is 2.30. The van der Waals surface area contributed by atoms with Crippen LogP contribution in [0.1, 0.15) is 19.3 Å². The number of hydrogen-bond acceptors (Lipinski definition) is 4. The molecule has 2 aromatic rings. The van der Waals surface area contributed by atoms with Crippen molar-refractivity contribution in [2.24, 2.45) is 5.92 Å². The van der Waals surface area contributed by atoms with Gasteiger partial charge in [0.15, 0.2) is 10.9 Å². The highest BCUT2D eigenvalue weighted by atomic mass is 35.5. The summed E-state index contributed by atoms with van der Waals surface area (Å²) in [4.78, 5) is 16.0. The van der Waals surface area contributed by atoms with Gasteiger partial charge in [0.1, 0.15) is 11.3 Å². The maximum absolute atomic E-state index is 13.6. The number of nitrogens with zero attached hydrogens (tertiary/aromatic N) is 2. The standard InChI is InChI=1S/C15H13ClF2N4OS/c16-10-2-1-9(3-7(10)6-19)20-14(23)22-15-21-13-11(18)4-8(17)5-12(13)24-15/h4-5,7,9-10H,1-3H2,(H2,20,21,22,23). The number of anilines is 1. The molecule has 1 aromatic heterocycles. The van der Waals surface area contributed by atoms with Gasteiger partial charge in [0.25, 0.3) is 0 Å². The Hall–Kier alpha value is -1.98. The quantitative estimate of drug-likeness (QED) is 0.784. The fourth-order valence-corrected chi connectivity index (χ4v) is 3.91. The average molecular weight is 371 g/mol. The van der Waals surface area contributed by atoms with Crippen LogP contribution >= 0.6 is 22.9 Å². The molecule has 0 bridgehead atoms. The van der Waals surface area contributed by atoms with Gasteiger partial charge in [0.05, 0.1) is 16.7 Å². The highest BCUT2D eigenvalue weighted by molar-refractivity contribution is 7.22. The molecule has 0 spiro atoms. The minimum Gasteiger partial charge on any atom is -0.335 e. The second-order valence-electron chi connectivity index (χ2n) is 5.61. The van der Waals surface area contributed by atoms with Crippen LogP contribution in [0.3, 0.4) is 0 Å². The van der Waals surface area contributed by atoms with Crippen molar-refractivity contribution in [2.45, 2.75) is 30.7 Å². The minimum absolute atomic E-state index is 0.0175. The van der Waals surface area contributed by atoms with Gasteiger partial charge in [-0.2, -0.15) is 5.26 Å². The Bertz CT molecular complexity index is 822. The van der Waals surface area contributed by atoms with Crippen LogP contribution < -0.4 is 10.6 Å². The molecule has 5 nitrogen and oxygen atoms in total. The molecule has 0 saturated heterocycles. The molecule has 3 atom stereocenters. The molecule has 1 fully saturated rings. The first kappa shape index (κ1) is 16.9. The number of urea groups is 1. The van der Waals surface area contributed by atoms with E-state index in [0.29, 0.717) is 24.0 Å². The number of carbonyl (C=O) groups is 1. The third-order valence-electron chi connectivity index (χ3n) is 3.90. The number of halogens is 3. The molecule has 126 valence electrons. The summed E-state index contributed by atoms with van der Waals surface area (Å²) >= 11 is 7.05. The fourth-order valence-electron chi connectivity index (χ4n) is 2.73. The number of fused-ring (bicyclic) bond motifs is 1. The molecule has 24 heavy (non-hydrogen) atoms. The number of benzene rings is 1. The Morgan fingerprint density at radius 2 is 2.21 bits per heavy atom. The first-order chi connectivity index (χ1) is 11.5. The summed E-state index contributed by atoms with van der Waals surface area (Å²) in [5, 5.41) is 14.3. The van der Waals surface area contributed by atoms with Crippen molar-refractivity contribution in [3.8, 4) is 6.07 Å². The lowest BCUT2D eigenvalue weighted by atomic mass is 9.86. The van der Waals surface area contributed by atoms with Crippen LogP contribution in [0, 0.1) is 28.9 Å². The van der Waals surface area contributed by atoms with Gasteiger partial charge in [-0.3, -0.25) is 5.32 Å². The number of nitriles is 1. The molecule has 3 rings (SSSR count). The third kappa shape index (κ3) is 3.57. The summed E-state index contributed by atoms with van der Waals surface area (Å²) in [6, 6.07) is 3.40. The smallest absolute Gasteiger partial charge is 0.321 e. The molecule has 1 saturated carbocycles. The van der Waals surface area contributed by atoms with E-state index in [1.54, 1.807) is 0 Å². The van der Waals surface area contributed by atoms with Gasteiger partial charge in [-0.1, -0.05) is 11.3 Å². The van der Waals surface area contributed by atoms with Crippen molar-refractivity contribution in [1.82, 2.24) is 10.3 Å². The van der Waals surface area contributed by atoms with E-state index in [9.17, 15) is 13.6 Å². The Morgan fingerprint density at radius 1 is 1.42 bits per heavy atom. The Balaban J connectivity index is 1.65. The molecular weight excluding hydrogens is 358 g/mol. The minimum atomic E-state index is -0.771. The normalized spacial score (nSPS) is 23.7. The van der Waals surface area contributed by atoms with E-state index < -0.39 is 17.7 Å². The molecule has 1 aliphatic rings.